The first kappa shape index (κ1) is 15.5. The van der Waals surface area contributed by atoms with Gasteiger partial charge in [-0.15, -0.1) is 0 Å². The summed E-state index contributed by atoms with van der Waals surface area (Å²) >= 11 is 14.8. The van der Waals surface area contributed by atoms with E-state index in [1.54, 1.807) is 12.1 Å². The number of nitrogens with one attached hydrogen (secondary N) is 1. The van der Waals surface area contributed by atoms with Gasteiger partial charge in [-0.1, -0.05) is 29.9 Å². The Morgan fingerprint density at radius 3 is 2.50 bits per heavy atom. The summed E-state index contributed by atoms with van der Waals surface area (Å²) in [6, 6.07) is 7.14. The van der Waals surface area contributed by atoms with E-state index < -0.39 is 11.6 Å². The van der Waals surface area contributed by atoms with Crippen LogP contribution in [0.1, 0.15) is 11.1 Å². The minimum absolute atomic E-state index is 0.126. The summed E-state index contributed by atoms with van der Waals surface area (Å²) in [5, 5.41) is 3.31. The number of hydrogen-bond acceptors (Lipinski definition) is 2. The normalized spacial score (nSPS) is 14.0. The molecule has 0 amide bonds. The molecule has 7 heteroatoms. The highest BCUT2D eigenvalue weighted by Crippen LogP contribution is 2.36. The lowest BCUT2D eigenvalue weighted by Gasteiger charge is -2.14. The van der Waals surface area contributed by atoms with Gasteiger partial charge in [-0.2, -0.15) is 0 Å². The number of benzene rings is 2. The molecule has 0 bridgehead atoms. The number of hydrogen-bond donors (Lipinski definition) is 1. The summed E-state index contributed by atoms with van der Waals surface area (Å²) < 4.78 is 28.9. The van der Waals surface area contributed by atoms with Crippen molar-refractivity contribution in [1.29, 1.82) is 0 Å². The van der Waals surface area contributed by atoms with Crippen molar-refractivity contribution in [2.75, 3.05) is 11.9 Å². The second-order valence-electron chi connectivity index (χ2n) is 4.59. The van der Waals surface area contributed by atoms with Crippen LogP contribution >= 0.6 is 39.7 Å². The highest BCUT2D eigenvalue weighted by molar-refractivity contribution is 9.10. The Hall–Kier alpha value is -1.37. The van der Waals surface area contributed by atoms with Crippen molar-refractivity contribution in [3.05, 3.63) is 62.6 Å². The second kappa shape index (κ2) is 6.02. The molecule has 0 atom stereocenters. The molecule has 22 heavy (non-hydrogen) atoms. The smallest absolute Gasteiger partial charge is 0.135 e. The Balaban J connectivity index is 2.34. The van der Waals surface area contributed by atoms with E-state index in [1.165, 1.54) is 18.2 Å². The van der Waals surface area contributed by atoms with Crippen LogP contribution in [0.5, 0.6) is 0 Å². The van der Waals surface area contributed by atoms with Crippen LogP contribution in [0.25, 0.3) is 0 Å². The Morgan fingerprint density at radius 1 is 1.14 bits per heavy atom. The Morgan fingerprint density at radius 2 is 1.82 bits per heavy atom. The van der Waals surface area contributed by atoms with Gasteiger partial charge in [0.2, 0.25) is 0 Å². The van der Waals surface area contributed by atoms with E-state index in [0.29, 0.717) is 25.7 Å². The molecule has 0 saturated heterocycles. The van der Waals surface area contributed by atoms with Gasteiger partial charge >= 0.3 is 0 Å². The average Bonchev–Trinajstić information content (AvgIpc) is 2.63. The summed E-state index contributed by atoms with van der Waals surface area (Å²) in [6.45, 7) is 0.126. The fourth-order valence-electron chi connectivity index (χ4n) is 2.23. The van der Waals surface area contributed by atoms with Crippen molar-refractivity contribution < 1.29 is 8.78 Å². The molecular weight excluding hydrogens is 394 g/mol. The van der Waals surface area contributed by atoms with Crippen LogP contribution in [0.4, 0.5) is 14.5 Å². The molecule has 1 N–H and O–H groups in total. The third kappa shape index (κ3) is 2.66. The van der Waals surface area contributed by atoms with Gasteiger partial charge in [-0.25, -0.2) is 8.78 Å². The van der Waals surface area contributed by atoms with Gasteiger partial charge in [-0.05, 0) is 40.2 Å². The number of anilines is 1. The van der Waals surface area contributed by atoms with Crippen LogP contribution in [-0.2, 0) is 0 Å². The van der Waals surface area contributed by atoms with Gasteiger partial charge in [0.15, 0.2) is 0 Å². The van der Waals surface area contributed by atoms with Gasteiger partial charge in [-0.3, -0.25) is 4.99 Å². The van der Waals surface area contributed by atoms with Crippen LogP contribution in [0, 0.1) is 11.6 Å². The third-order valence-electron chi connectivity index (χ3n) is 3.19. The first-order chi connectivity index (χ1) is 10.5. The summed E-state index contributed by atoms with van der Waals surface area (Å²) in [4.78, 5) is 4.72. The number of rotatable bonds is 1. The van der Waals surface area contributed by atoms with Gasteiger partial charge in [0.1, 0.15) is 16.6 Å². The minimum Gasteiger partial charge on any atom is -0.348 e. The van der Waals surface area contributed by atoms with E-state index in [9.17, 15) is 8.78 Å². The van der Waals surface area contributed by atoms with E-state index in [2.05, 4.69) is 26.2 Å². The first-order valence-electron chi connectivity index (χ1n) is 6.26. The van der Waals surface area contributed by atoms with Crippen molar-refractivity contribution in [3.63, 3.8) is 0 Å². The van der Waals surface area contributed by atoms with Crippen LogP contribution in [0.15, 0.2) is 39.8 Å². The molecular formula is C15H8BrClF2N2S. The minimum atomic E-state index is -0.700. The molecule has 2 aromatic carbocycles. The highest BCUT2D eigenvalue weighted by Gasteiger charge is 2.25. The monoisotopic (exact) mass is 400 g/mol. The first-order valence-corrected chi connectivity index (χ1v) is 7.84. The number of benzodiazepines with no additional fused rings is 1. The lowest BCUT2D eigenvalue weighted by atomic mass is 9.99. The molecule has 3 rings (SSSR count). The molecule has 2 nitrogen and oxygen atoms in total. The van der Waals surface area contributed by atoms with Crippen LogP contribution in [-0.4, -0.2) is 17.2 Å². The molecule has 0 spiro atoms. The maximum Gasteiger partial charge on any atom is 0.135 e. The van der Waals surface area contributed by atoms with E-state index in [4.69, 9.17) is 23.8 Å². The lowest BCUT2D eigenvalue weighted by molar-refractivity contribution is 0.579. The van der Waals surface area contributed by atoms with Crippen LogP contribution < -0.4 is 5.32 Å². The average molecular weight is 402 g/mol. The Bertz CT molecular complexity index is 803. The molecule has 0 saturated carbocycles. The van der Waals surface area contributed by atoms with Crippen LogP contribution in [0.3, 0.4) is 0 Å². The molecule has 1 aliphatic heterocycles. The number of fused-ring (bicyclic) bond motifs is 1. The van der Waals surface area contributed by atoms with E-state index >= 15 is 0 Å². The van der Waals surface area contributed by atoms with Gasteiger partial charge in [0, 0.05) is 15.7 Å². The van der Waals surface area contributed by atoms with Crippen molar-refractivity contribution in [2.24, 2.45) is 4.99 Å². The summed E-state index contributed by atoms with van der Waals surface area (Å²) in [5.41, 5.74) is 0.913. The quantitative estimate of drug-likeness (QED) is 0.682. The van der Waals surface area contributed by atoms with Crippen molar-refractivity contribution in [3.8, 4) is 0 Å². The number of thiocarbonyl (C=S) groups is 1. The second-order valence-corrected chi connectivity index (χ2v) is 6.32. The number of aliphatic imine (C=N–C) groups is 1. The maximum absolute atomic E-state index is 14.2. The Labute approximate surface area is 144 Å². The topological polar surface area (TPSA) is 24.4 Å². The Kier molecular flexibility index (Phi) is 4.25. The summed E-state index contributed by atoms with van der Waals surface area (Å²) in [5.74, 6) is -1.40. The van der Waals surface area contributed by atoms with Gasteiger partial charge in [0.05, 0.1) is 22.8 Å². The fraction of sp³-hybridized carbons (Fsp3) is 0.0667. The predicted molar refractivity (Wildman–Crippen MR) is 92.2 cm³/mol. The molecule has 0 aromatic heterocycles. The molecule has 0 fully saturated rings. The zero-order valence-electron chi connectivity index (χ0n) is 11.0. The third-order valence-corrected chi connectivity index (χ3v) is 4.70. The maximum atomic E-state index is 14.2. The molecule has 2 aromatic rings. The zero-order chi connectivity index (χ0) is 15.9. The highest BCUT2D eigenvalue weighted by atomic mass is 79.9. The summed E-state index contributed by atoms with van der Waals surface area (Å²) in [7, 11) is 0. The molecule has 0 radical (unpaired) electrons. The molecule has 1 heterocycles. The van der Waals surface area contributed by atoms with E-state index in [1.807, 2.05) is 0 Å². The van der Waals surface area contributed by atoms with E-state index in [-0.39, 0.29) is 17.8 Å². The lowest BCUT2D eigenvalue weighted by Crippen LogP contribution is -2.11. The van der Waals surface area contributed by atoms with Crippen molar-refractivity contribution in [2.45, 2.75) is 0 Å². The molecule has 0 aliphatic carbocycles. The fourth-order valence-corrected chi connectivity index (χ4v) is 2.99. The number of halogens is 4. The predicted octanol–water partition coefficient (Wildman–Crippen LogP) is 4.97. The van der Waals surface area contributed by atoms with Crippen molar-refractivity contribution in [1.82, 2.24) is 0 Å². The number of nitrogens with zero attached hydrogens (tertiary/aromatic N) is 1. The zero-order valence-corrected chi connectivity index (χ0v) is 14.1. The molecule has 112 valence electrons. The van der Waals surface area contributed by atoms with Crippen LogP contribution in [0.2, 0.25) is 5.02 Å². The van der Waals surface area contributed by atoms with E-state index in [0.717, 1.165) is 0 Å². The largest absolute Gasteiger partial charge is 0.348 e. The molecule has 0 unspecified atom stereocenters. The molecule has 1 aliphatic rings. The van der Waals surface area contributed by atoms with Gasteiger partial charge in [0.25, 0.3) is 0 Å². The van der Waals surface area contributed by atoms with Crippen molar-refractivity contribution >= 4 is 56.1 Å². The SMILES string of the molecule is Fc1cccc(F)c1C1=NCC(=S)Nc2ccc(Br)c(Cl)c21. The van der Waals surface area contributed by atoms with Gasteiger partial charge < -0.3 is 5.32 Å². The standard InChI is InChI=1S/C15H8BrClF2N2S/c16-7-4-5-10-13(14(7)17)15(20-6-11(22)21-10)12-8(18)2-1-3-9(12)19/h1-5H,6H2,(H,21,22). The summed E-state index contributed by atoms with van der Waals surface area (Å²) in [6.07, 6.45) is 0.